The van der Waals surface area contributed by atoms with Crippen LogP contribution in [0.5, 0.6) is 0 Å². The maximum Gasteiger partial charge on any atom is 0.255 e. The molecule has 3 aliphatic heterocycles. The molecule has 2 atom stereocenters. The lowest BCUT2D eigenvalue weighted by Crippen LogP contribution is -2.45. The van der Waals surface area contributed by atoms with E-state index in [-0.39, 0.29) is 29.6 Å². The largest absolute Gasteiger partial charge is 0.341 e. The molecule has 2 amide bonds. The first-order valence-electron chi connectivity index (χ1n) is 8.81. The molecule has 0 N–H and O–H groups in total. The van der Waals surface area contributed by atoms with Crippen LogP contribution in [0.1, 0.15) is 23.2 Å². The minimum Gasteiger partial charge on any atom is -0.341 e. The number of hydrogen-bond acceptors (Lipinski definition) is 3. The molecular weight excluding hydrogens is 333 g/mol. The Morgan fingerprint density at radius 2 is 2.04 bits per heavy atom. The number of halogens is 1. The van der Waals surface area contributed by atoms with E-state index in [1.165, 1.54) is 18.3 Å². The van der Waals surface area contributed by atoms with Gasteiger partial charge in [-0.1, -0.05) is 12.1 Å². The molecule has 5 nitrogen and oxygen atoms in total. The molecule has 0 aliphatic carbocycles. The minimum absolute atomic E-state index is 0.0877. The number of amides is 2. The number of likely N-dealkylation sites (N-methyl/N-ethyl adjacent to an activating group) is 1. The monoisotopic (exact) mass is 353 g/mol. The first-order chi connectivity index (χ1) is 12.5. The molecule has 0 spiro atoms. The van der Waals surface area contributed by atoms with Gasteiger partial charge in [-0.05, 0) is 37.1 Å². The third kappa shape index (κ3) is 2.96. The molecule has 4 heterocycles. The third-order valence-corrected chi connectivity index (χ3v) is 5.38. The van der Waals surface area contributed by atoms with Crippen LogP contribution in [0.2, 0.25) is 0 Å². The lowest BCUT2D eigenvalue weighted by molar-refractivity contribution is -0.138. The smallest absolute Gasteiger partial charge is 0.255 e. The molecule has 2 aromatic rings. The average Bonchev–Trinajstić information content (AvgIpc) is 2.94. The van der Waals surface area contributed by atoms with E-state index in [0.717, 1.165) is 12.8 Å². The van der Waals surface area contributed by atoms with Crippen molar-refractivity contribution in [3.8, 4) is 11.3 Å². The van der Waals surface area contributed by atoms with Gasteiger partial charge in [0.2, 0.25) is 5.91 Å². The van der Waals surface area contributed by atoms with Gasteiger partial charge in [0.15, 0.2) is 0 Å². The van der Waals surface area contributed by atoms with Gasteiger partial charge in [0.1, 0.15) is 5.82 Å². The number of carbonyl (C=O) groups is 2. The van der Waals surface area contributed by atoms with Crippen molar-refractivity contribution in [3.63, 3.8) is 0 Å². The second-order valence-electron chi connectivity index (χ2n) is 7.03. The molecular formula is C20H20FN3O2. The van der Waals surface area contributed by atoms with Crippen molar-refractivity contribution in [1.29, 1.82) is 0 Å². The van der Waals surface area contributed by atoms with Crippen LogP contribution in [0, 0.1) is 11.7 Å². The molecule has 2 bridgehead atoms. The molecule has 134 valence electrons. The molecule has 0 saturated carbocycles. The van der Waals surface area contributed by atoms with Crippen LogP contribution in [0.25, 0.3) is 11.3 Å². The van der Waals surface area contributed by atoms with Gasteiger partial charge in [0.25, 0.3) is 5.91 Å². The van der Waals surface area contributed by atoms with Gasteiger partial charge in [-0.3, -0.25) is 14.6 Å². The Morgan fingerprint density at radius 1 is 1.19 bits per heavy atom. The van der Waals surface area contributed by atoms with Crippen molar-refractivity contribution in [2.24, 2.45) is 5.92 Å². The van der Waals surface area contributed by atoms with Crippen molar-refractivity contribution < 1.29 is 14.0 Å². The van der Waals surface area contributed by atoms with Crippen LogP contribution in [-0.4, -0.2) is 52.8 Å². The summed E-state index contributed by atoms with van der Waals surface area (Å²) in [5.41, 5.74) is 1.78. The minimum atomic E-state index is -0.321. The van der Waals surface area contributed by atoms with E-state index in [1.54, 1.807) is 34.1 Å². The number of carbonyl (C=O) groups excluding carboxylic acids is 2. The highest BCUT2D eigenvalue weighted by Gasteiger charge is 2.40. The van der Waals surface area contributed by atoms with Crippen molar-refractivity contribution >= 4 is 11.8 Å². The lowest BCUT2D eigenvalue weighted by Gasteiger charge is -2.32. The van der Waals surface area contributed by atoms with Crippen LogP contribution < -0.4 is 0 Å². The van der Waals surface area contributed by atoms with Crippen LogP contribution >= 0.6 is 0 Å². The number of aromatic nitrogens is 1. The second-order valence-corrected chi connectivity index (χ2v) is 7.03. The standard InChI is InChI=1S/C20H20FN3O2/c1-23-17-7-5-15(19(23)25)11-24(12-17)20(26)14-6-8-18(22-10-14)13-3-2-4-16(21)9-13/h2-4,6,8-10,15,17H,5,7,11-12H2,1H3/t15-,17+/m0/s1. The number of piperidine rings is 1. The van der Waals surface area contributed by atoms with Crippen molar-refractivity contribution in [2.45, 2.75) is 18.9 Å². The third-order valence-electron chi connectivity index (χ3n) is 5.38. The first-order valence-corrected chi connectivity index (χ1v) is 8.81. The lowest BCUT2D eigenvalue weighted by atomic mass is 9.95. The topological polar surface area (TPSA) is 53.5 Å². The highest BCUT2D eigenvalue weighted by Crippen LogP contribution is 2.29. The SMILES string of the molecule is CN1C(=O)[C@H]2CC[C@@H]1CN(C(=O)c1ccc(-c3cccc(F)c3)nc1)C2. The Morgan fingerprint density at radius 3 is 2.77 bits per heavy atom. The summed E-state index contributed by atoms with van der Waals surface area (Å²) in [5.74, 6) is -0.403. The summed E-state index contributed by atoms with van der Waals surface area (Å²) in [7, 11) is 1.82. The molecule has 5 rings (SSSR count). The Labute approximate surface area is 151 Å². The summed E-state index contributed by atoms with van der Waals surface area (Å²) in [6, 6.07) is 9.74. The molecule has 0 unspecified atom stereocenters. The number of rotatable bonds is 2. The number of hydrogen-bond donors (Lipinski definition) is 0. The zero-order valence-electron chi connectivity index (χ0n) is 14.6. The van der Waals surface area contributed by atoms with E-state index in [4.69, 9.17) is 0 Å². The second kappa shape index (κ2) is 6.52. The Hall–Kier alpha value is -2.76. The fraction of sp³-hybridized carbons (Fsp3) is 0.350. The first kappa shape index (κ1) is 16.7. The molecule has 1 aromatic carbocycles. The van der Waals surface area contributed by atoms with Gasteiger partial charge in [0.05, 0.1) is 17.2 Å². The highest BCUT2D eigenvalue weighted by atomic mass is 19.1. The highest BCUT2D eigenvalue weighted by molar-refractivity contribution is 5.95. The molecule has 26 heavy (non-hydrogen) atoms. The zero-order valence-corrected chi connectivity index (χ0v) is 14.6. The summed E-state index contributed by atoms with van der Waals surface area (Å²) in [4.78, 5) is 33.0. The summed E-state index contributed by atoms with van der Waals surface area (Å²) < 4.78 is 13.4. The van der Waals surface area contributed by atoms with Gasteiger partial charge in [0, 0.05) is 37.9 Å². The predicted molar refractivity (Wildman–Crippen MR) is 94.8 cm³/mol. The number of benzene rings is 1. The van der Waals surface area contributed by atoms with Crippen LogP contribution in [0.15, 0.2) is 42.6 Å². The molecule has 0 radical (unpaired) electrons. The van der Waals surface area contributed by atoms with Gasteiger partial charge < -0.3 is 9.80 Å². The van der Waals surface area contributed by atoms with E-state index >= 15 is 0 Å². The van der Waals surface area contributed by atoms with Gasteiger partial charge in [-0.15, -0.1) is 0 Å². The average molecular weight is 353 g/mol. The maximum absolute atomic E-state index is 13.4. The number of fused-ring (bicyclic) bond motifs is 4. The van der Waals surface area contributed by atoms with E-state index < -0.39 is 0 Å². The number of pyridine rings is 1. The van der Waals surface area contributed by atoms with Crippen molar-refractivity contribution in [3.05, 3.63) is 54.0 Å². The fourth-order valence-corrected chi connectivity index (χ4v) is 3.84. The Balaban J connectivity index is 1.54. The van der Waals surface area contributed by atoms with Gasteiger partial charge >= 0.3 is 0 Å². The molecule has 6 heteroatoms. The molecule has 3 aliphatic rings. The Kier molecular flexibility index (Phi) is 4.18. The fourth-order valence-electron chi connectivity index (χ4n) is 3.84. The summed E-state index contributed by atoms with van der Waals surface area (Å²) in [6.07, 6.45) is 3.31. The van der Waals surface area contributed by atoms with Crippen LogP contribution in [0.3, 0.4) is 0 Å². The van der Waals surface area contributed by atoms with Crippen molar-refractivity contribution in [2.75, 3.05) is 20.1 Å². The summed E-state index contributed by atoms with van der Waals surface area (Å²) in [5, 5.41) is 0. The van der Waals surface area contributed by atoms with E-state index in [1.807, 2.05) is 7.05 Å². The quantitative estimate of drug-likeness (QED) is 0.834. The zero-order chi connectivity index (χ0) is 18.3. The molecule has 3 saturated heterocycles. The maximum atomic E-state index is 13.4. The number of nitrogens with zero attached hydrogens (tertiary/aromatic N) is 3. The van der Waals surface area contributed by atoms with Crippen LogP contribution in [0.4, 0.5) is 4.39 Å². The van der Waals surface area contributed by atoms with E-state index in [0.29, 0.717) is 29.9 Å². The van der Waals surface area contributed by atoms with Gasteiger partial charge in [-0.25, -0.2) is 4.39 Å². The predicted octanol–water partition coefficient (Wildman–Crippen LogP) is 2.58. The van der Waals surface area contributed by atoms with Gasteiger partial charge in [-0.2, -0.15) is 0 Å². The summed E-state index contributed by atoms with van der Waals surface area (Å²) >= 11 is 0. The van der Waals surface area contributed by atoms with Crippen LogP contribution in [-0.2, 0) is 4.79 Å². The normalized spacial score (nSPS) is 22.5. The van der Waals surface area contributed by atoms with E-state index in [2.05, 4.69) is 4.98 Å². The summed E-state index contributed by atoms with van der Waals surface area (Å²) in [6.45, 7) is 1.02. The Bertz CT molecular complexity index is 852. The van der Waals surface area contributed by atoms with E-state index in [9.17, 15) is 14.0 Å². The molecule has 3 fully saturated rings. The van der Waals surface area contributed by atoms with Crippen molar-refractivity contribution in [1.82, 2.24) is 14.8 Å². The molecule has 1 aromatic heterocycles.